The highest BCUT2D eigenvalue weighted by molar-refractivity contribution is 5.57. The molecule has 0 fully saturated rings. The number of hydrogen-bond acceptors (Lipinski definition) is 7. The summed E-state index contributed by atoms with van der Waals surface area (Å²) in [6.45, 7) is 3.87. The van der Waals surface area contributed by atoms with Crippen molar-refractivity contribution in [3.8, 4) is 6.07 Å². The van der Waals surface area contributed by atoms with Crippen LogP contribution in [0, 0.1) is 11.3 Å². The van der Waals surface area contributed by atoms with E-state index in [9.17, 15) is 10.1 Å². The van der Waals surface area contributed by atoms with Gasteiger partial charge in [0.25, 0.3) is 5.56 Å². The number of nitrogens with one attached hydrogen (secondary N) is 1. The van der Waals surface area contributed by atoms with E-state index in [1.165, 1.54) is 6.20 Å². The molecular formula is C18H18N8O. The highest BCUT2D eigenvalue weighted by Crippen LogP contribution is 2.24. The number of rotatable bonds is 4. The Labute approximate surface area is 155 Å². The fourth-order valence-electron chi connectivity index (χ4n) is 3.43. The summed E-state index contributed by atoms with van der Waals surface area (Å²) in [6.07, 6.45) is 4.91. The van der Waals surface area contributed by atoms with E-state index < -0.39 is 5.56 Å². The molecule has 0 radical (unpaired) electrons. The monoisotopic (exact) mass is 362 g/mol. The molecule has 1 aliphatic rings. The Morgan fingerprint density at radius 1 is 1.41 bits per heavy atom. The topological polar surface area (TPSA) is 116 Å². The van der Waals surface area contributed by atoms with Crippen molar-refractivity contribution in [1.82, 2.24) is 30.2 Å². The number of nitriles is 1. The standard InChI is InChI=1S/C18H18N8O/c1-2-14-12(4-3-6-20-14)10-26-16-5-7-25(11-15(16)22-24-26)17-9-21-23-18(27)13(17)8-19/h3-4,6,9H,2,5,7,10-11H2,1H3,(H,23,27). The Hall–Kier alpha value is -3.54. The number of pyridine rings is 1. The molecule has 0 saturated carbocycles. The van der Waals surface area contributed by atoms with Crippen LogP contribution in [-0.2, 0) is 25.9 Å². The number of aryl methyl sites for hydroxylation is 1. The molecule has 0 spiro atoms. The summed E-state index contributed by atoms with van der Waals surface area (Å²) in [5.41, 5.74) is 4.26. The van der Waals surface area contributed by atoms with E-state index in [4.69, 9.17) is 0 Å². The largest absolute Gasteiger partial charge is 0.363 e. The Balaban J connectivity index is 1.61. The maximum absolute atomic E-state index is 11.8. The lowest BCUT2D eigenvalue weighted by Crippen LogP contribution is -2.33. The molecule has 136 valence electrons. The lowest BCUT2D eigenvalue weighted by molar-refractivity contribution is 0.601. The third-order valence-corrected chi connectivity index (χ3v) is 4.81. The Kier molecular flexibility index (Phi) is 4.38. The second-order valence-electron chi connectivity index (χ2n) is 6.35. The summed E-state index contributed by atoms with van der Waals surface area (Å²) in [4.78, 5) is 18.2. The van der Waals surface area contributed by atoms with E-state index in [1.807, 2.05) is 21.7 Å². The molecule has 3 aromatic heterocycles. The first kappa shape index (κ1) is 16.9. The van der Waals surface area contributed by atoms with Crippen molar-refractivity contribution >= 4 is 5.69 Å². The molecule has 1 aliphatic heterocycles. The average molecular weight is 362 g/mol. The Morgan fingerprint density at radius 3 is 3.11 bits per heavy atom. The molecule has 1 N–H and O–H groups in total. The second kappa shape index (κ2) is 6.99. The third-order valence-electron chi connectivity index (χ3n) is 4.81. The molecule has 3 aromatic rings. The van der Waals surface area contributed by atoms with E-state index in [-0.39, 0.29) is 5.56 Å². The predicted octanol–water partition coefficient (Wildman–Crippen LogP) is 0.801. The van der Waals surface area contributed by atoms with Crippen molar-refractivity contribution < 1.29 is 0 Å². The third kappa shape index (κ3) is 3.06. The van der Waals surface area contributed by atoms with Crippen LogP contribution in [0.25, 0.3) is 0 Å². The van der Waals surface area contributed by atoms with Crippen LogP contribution in [0.2, 0.25) is 0 Å². The number of aromatic nitrogens is 6. The molecule has 4 heterocycles. The molecule has 27 heavy (non-hydrogen) atoms. The number of aromatic amines is 1. The fourth-order valence-corrected chi connectivity index (χ4v) is 3.43. The quantitative estimate of drug-likeness (QED) is 0.729. The van der Waals surface area contributed by atoms with Gasteiger partial charge in [0, 0.05) is 24.9 Å². The van der Waals surface area contributed by atoms with Crippen LogP contribution in [0.15, 0.2) is 29.3 Å². The summed E-state index contributed by atoms with van der Waals surface area (Å²) >= 11 is 0. The van der Waals surface area contributed by atoms with Crippen LogP contribution in [0.1, 0.15) is 35.1 Å². The van der Waals surface area contributed by atoms with Crippen molar-refractivity contribution in [1.29, 1.82) is 5.26 Å². The molecule has 9 nitrogen and oxygen atoms in total. The maximum Gasteiger partial charge on any atom is 0.284 e. The van der Waals surface area contributed by atoms with Gasteiger partial charge in [-0.2, -0.15) is 10.4 Å². The van der Waals surface area contributed by atoms with Crippen LogP contribution in [0.5, 0.6) is 0 Å². The smallest absolute Gasteiger partial charge is 0.284 e. The van der Waals surface area contributed by atoms with Gasteiger partial charge in [-0.3, -0.25) is 9.78 Å². The van der Waals surface area contributed by atoms with Gasteiger partial charge in [0.1, 0.15) is 17.3 Å². The summed E-state index contributed by atoms with van der Waals surface area (Å²) in [5, 5.41) is 24.0. The molecule has 4 rings (SSSR count). The van der Waals surface area contributed by atoms with Crippen LogP contribution >= 0.6 is 0 Å². The SMILES string of the molecule is CCc1ncccc1Cn1nnc2c1CCN(c1cn[nH]c(=O)c1C#N)C2. The Bertz CT molecular complexity index is 1080. The highest BCUT2D eigenvalue weighted by Gasteiger charge is 2.25. The average Bonchev–Trinajstić information content (AvgIpc) is 3.10. The van der Waals surface area contributed by atoms with Gasteiger partial charge in [0.05, 0.1) is 30.7 Å². The van der Waals surface area contributed by atoms with Gasteiger partial charge in [-0.25, -0.2) is 9.78 Å². The van der Waals surface area contributed by atoms with Crippen molar-refractivity contribution in [2.75, 3.05) is 11.4 Å². The predicted molar refractivity (Wildman–Crippen MR) is 97.1 cm³/mol. The van der Waals surface area contributed by atoms with Gasteiger partial charge >= 0.3 is 0 Å². The van der Waals surface area contributed by atoms with Gasteiger partial charge in [-0.05, 0) is 18.1 Å². The number of fused-ring (bicyclic) bond motifs is 1. The number of H-pyrrole nitrogens is 1. The zero-order chi connectivity index (χ0) is 18.8. The first-order chi connectivity index (χ1) is 13.2. The molecule has 0 aliphatic carbocycles. The minimum absolute atomic E-state index is 0.0730. The minimum atomic E-state index is -0.479. The minimum Gasteiger partial charge on any atom is -0.363 e. The van der Waals surface area contributed by atoms with Crippen molar-refractivity contribution in [3.05, 3.63) is 63.1 Å². The summed E-state index contributed by atoms with van der Waals surface area (Å²) in [7, 11) is 0. The normalized spacial score (nSPS) is 13.3. The van der Waals surface area contributed by atoms with Crippen molar-refractivity contribution in [2.24, 2.45) is 0 Å². The van der Waals surface area contributed by atoms with Gasteiger partial charge in [-0.15, -0.1) is 5.10 Å². The molecule has 9 heteroatoms. The Morgan fingerprint density at radius 2 is 2.30 bits per heavy atom. The van der Waals surface area contributed by atoms with Crippen molar-refractivity contribution in [2.45, 2.75) is 32.9 Å². The number of anilines is 1. The first-order valence-corrected chi connectivity index (χ1v) is 8.78. The molecule has 0 unspecified atom stereocenters. The van der Waals surface area contributed by atoms with Gasteiger partial charge < -0.3 is 4.90 Å². The van der Waals surface area contributed by atoms with E-state index in [0.29, 0.717) is 25.3 Å². The second-order valence-corrected chi connectivity index (χ2v) is 6.35. The first-order valence-electron chi connectivity index (χ1n) is 8.78. The molecule has 0 bridgehead atoms. The van der Waals surface area contributed by atoms with Crippen LogP contribution in [-0.4, -0.2) is 36.7 Å². The molecule has 0 amide bonds. The zero-order valence-electron chi connectivity index (χ0n) is 14.9. The molecule has 0 saturated heterocycles. The lowest BCUT2D eigenvalue weighted by Gasteiger charge is -2.28. The van der Waals surface area contributed by atoms with Gasteiger partial charge in [-0.1, -0.05) is 18.2 Å². The lowest BCUT2D eigenvalue weighted by atomic mass is 10.1. The van der Waals surface area contributed by atoms with E-state index in [0.717, 1.165) is 35.5 Å². The zero-order valence-corrected chi connectivity index (χ0v) is 14.9. The maximum atomic E-state index is 11.8. The van der Waals surface area contributed by atoms with Crippen LogP contribution in [0.4, 0.5) is 5.69 Å². The van der Waals surface area contributed by atoms with E-state index >= 15 is 0 Å². The van der Waals surface area contributed by atoms with E-state index in [1.54, 1.807) is 6.20 Å². The van der Waals surface area contributed by atoms with Crippen molar-refractivity contribution in [3.63, 3.8) is 0 Å². The molecular weight excluding hydrogens is 344 g/mol. The van der Waals surface area contributed by atoms with Crippen LogP contribution in [0.3, 0.4) is 0 Å². The summed E-state index contributed by atoms with van der Waals surface area (Å²) < 4.78 is 1.92. The van der Waals surface area contributed by atoms with E-state index in [2.05, 4.69) is 38.5 Å². The summed E-state index contributed by atoms with van der Waals surface area (Å²) in [5.74, 6) is 0. The number of nitrogens with zero attached hydrogens (tertiary/aromatic N) is 7. The van der Waals surface area contributed by atoms with Gasteiger partial charge in [0.15, 0.2) is 0 Å². The molecule has 0 aromatic carbocycles. The molecule has 0 atom stereocenters. The summed E-state index contributed by atoms with van der Waals surface area (Å²) in [6, 6.07) is 5.96. The fraction of sp³-hybridized carbons (Fsp3) is 0.333. The highest BCUT2D eigenvalue weighted by atomic mass is 16.1. The number of hydrogen-bond donors (Lipinski definition) is 1. The van der Waals surface area contributed by atoms with Gasteiger partial charge in [0.2, 0.25) is 0 Å². The van der Waals surface area contributed by atoms with Crippen LogP contribution < -0.4 is 10.5 Å².